The van der Waals surface area contributed by atoms with Gasteiger partial charge < -0.3 is 35.7 Å². The molecule has 1 unspecified atom stereocenters. The van der Waals surface area contributed by atoms with Gasteiger partial charge >= 0.3 is 0 Å². The van der Waals surface area contributed by atoms with E-state index in [1.54, 1.807) is 31.4 Å². The monoisotopic (exact) mass is 838 g/mol. The summed E-state index contributed by atoms with van der Waals surface area (Å²) in [4.78, 5) is 84.9. The summed E-state index contributed by atoms with van der Waals surface area (Å²) in [7, 11) is -1.95. The van der Waals surface area contributed by atoms with Gasteiger partial charge in [0, 0.05) is 104 Å². The standard InChI is InChI=1S/C43H50N8O8S/c1-49-21-31-30-17-27(23-60(2,58)59)29(18-34(30)50(19-25-7-8-25)22-32-36(31)38(43(49)57)48-37(32)41(55)46-15-13-44)39(53)45-14-5-3-4-6-24-9-10-28-26(16-24)20-51(42(28)56)33-11-12-35(52)47-40(33)54/h9-10,16-18,21,25,33,48H,3-8,11-15,19-20,22-23,44H2,1-2H3,(H,45,53)(H,46,55)(H,47,52,54). The fourth-order valence-electron chi connectivity index (χ4n) is 8.81. The van der Waals surface area contributed by atoms with Gasteiger partial charge in [-0.15, -0.1) is 0 Å². The van der Waals surface area contributed by atoms with Gasteiger partial charge in [-0.05, 0) is 79.3 Å². The molecule has 1 aliphatic carbocycles. The number of aromatic amines is 1. The van der Waals surface area contributed by atoms with Crippen LogP contribution in [0.15, 0.2) is 41.3 Å². The zero-order valence-electron chi connectivity index (χ0n) is 33.8. The summed E-state index contributed by atoms with van der Waals surface area (Å²) in [5, 5.41) is 8.77. The van der Waals surface area contributed by atoms with E-state index in [0.29, 0.717) is 78.1 Å². The Bertz CT molecular complexity index is 2630. The minimum Gasteiger partial charge on any atom is -0.366 e. The SMILES string of the molecule is Cn1cc2c3c(c(C(=O)NCCN)[nH]c3c1=O)CN(CC1CC1)c1cc(C(=O)NCCCCCc3ccc4c(c3)CN(C3CCC(=O)NC3=O)C4=O)c(CS(C)(=O)=O)cc1-2. The van der Waals surface area contributed by atoms with Crippen molar-refractivity contribution in [3.63, 3.8) is 0 Å². The zero-order chi connectivity index (χ0) is 42.5. The number of amides is 5. The van der Waals surface area contributed by atoms with Crippen LogP contribution in [0, 0.1) is 5.92 Å². The number of fused-ring (bicyclic) bond motifs is 3. The molecule has 0 spiro atoms. The summed E-state index contributed by atoms with van der Waals surface area (Å²) >= 11 is 0. The number of piperidine rings is 1. The normalized spacial score (nSPS) is 17.4. The molecule has 2 fully saturated rings. The predicted octanol–water partition coefficient (Wildman–Crippen LogP) is 2.40. The van der Waals surface area contributed by atoms with E-state index in [1.165, 1.54) is 9.47 Å². The van der Waals surface area contributed by atoms with Crippen molar-refractivity contribution in [1.82, 2.24) is 30.4 Å². The number of hydrogen-bond donors (Lipinski definition) is 5. The van der Waals surface area contributed by atoms with Crippen LogP contribution in [0.3, 0.4) is 0 Å². The first-order valence-corrected chi connectivity index (χ1v) is 22.6. The van der Waals surface area contributed by atoms with Gasteiger partial charge in [-0.2, -0.15) is 0 Å². The van der Waals surface area contributed by atoms with Gasteiger partial charge in [-0.1, -0.05) is 18.6 Å². The number of anilines is 1. The molecular weight excluding hydrogens is 789 g/mol. The number of benzene rings is 2. The lowest BCUT2D eigenvalue weighted by molar-refractivity contribution is -0.136. The van der Waals surface area contributed by atoms with Gasteiger partial charge in [0.1, 0.15) is 17.3 Å². The smallest absolute Gasteiger partial charge is 0.274 e. The molecule has 2 aromatic carbocycles. The molecule has 5 amide bonds. The Hall–Kier alpha value is -5.81. The number of carbonyl (C=O) groups is 5. The van der Waals surface area contributed by atoms with Crippen molar-refractivity contribution < 1.29 is 32.4 Å². The van der Waals surface area contributed by atoms with Crippen molar-refractivity contribution >= 4 is 56.0 Å². The van der Waals surface area contributed by atoms with Gasteiger partial charge in [0.15, 0.2) is 9.84 Å². The van der Waals surface area contributed by atoms with Crippen molar-refractivity contribution in [1.29, 1.82) is 0 Å². The molecule has 16 nitrogen and oxygen atoms in total. The van der Waals surface area contributed by atoms with Crippen LogP contribution in [0.4, 0.5) is 5.69 Å². The van der Waals surface area contributed by atoms with Gasteiger partial charge in [0.05, 0.1) is 5.75 Å². The molecule has 5 heterocycles. The number of unbranched alkanes of at least 4 members (excludes halogenated alkanes) is 2. The Labute approximate surface area is 347 Å². The van der Waals surface area contributed by atoms with Crippen molar-refractivity contribution in [2.45, 2.75) is 76.3 Å². The van der Waals surface area contributed by atoms with Gasteiger partial charge in [-0.25, -0.2) is 8.42 Å². The number of nitrogens with one attached hydrogen (secondary N) is 4. The molecule has 4 aliphatic rings. The number of hydrogen-bond acceptors (Lipinski definition) is 10. The van der Waals surface area contributed by atoms with Crippen LogP contribution in [-0.2, 0) is 51.7 Å². The van der Waals surface area contributed by atoms with Crippen LogP contribution in [0.5, 0.6) is 0 Å². The van der Waals surface area contributed by atoms with E-state index in [9.17, 15) is 37.2 Å². The summed E-state index contributed by atoms with van der Waals surface area (Å²) in [6.45, 7) is 2.13. The fraction of sp³-hybridized carbons (Fsp3) is 0.442. The molecule has 1 saturated heterocycles. The number of aromatic nitrogens is 2. The van der Waals surface area contributed by atoms with Gasteiger partial charge in [-0.3, -0.25) is 34.1 Å². The molecule has 6 N–H and O–H groups in total. The Kier molecular flexibility index (Phi) is 11.1. The van der Waals surface area contributed by atoms with Gasteiger partial charge in [0.2, 0.25) is 11.8 Å². The number of pyridine rings is 1. The van der Waals surface area contributed by atoms with Crippen molar-refractivity contribution in [3.05, 3.63) is 86.0 Å². The average Bonchev–Trinajstić information content (AvgIpc) is 3.88. The molecule has 0 bridgehead atoms. The lowest BCUT2D eigenvalue weighted by Gasteiger charge is -2.29. The highest BCUT2D eigenvalue weighted by molar-refractivity contribution is 7.89. The van der Waals surface area contributed by atoms with Crippen LogP contribution in [0.1, 0.15) is 98.4 Å². The van der Waals surface area contributed by atoms with E-state index >= 15 is 0 Å². The quantitative estimate of drug-likeness (QED) is 0.0868. The maximum atomic E-state index is 14.0. The molecule has 4 aromatic rings. The van der Waals surface area contributed by atoms with Crippen molar-refractivity contribution in [2.75, 3.05) is 37.3 Å². The Morgan fingerprint density at radius 2 is 1.70 bits per heavy atom. The molecule has 3 aliphatic heterocycles. The second kappa shape index (κ2) is 16.3. The van der Waals surface area contributed by atoms with Crippen LogP contribution in [0.25, 0.3) is 22.0 Å². The molecule has 1 saturated carbocycles. The maximum absolute atomic E-state index is 14.0. The molecule has 60 heavy (non-hydrogen) atoms. The molecule has 316 valence electrons. The second-order valence-electron chi connectivity index (χ2n) is 16.6. The predicted molar refractivity (Wildman–Crippen MR) is 225 cm³/mol. The molecule has 8 rings (SSSR count). The minimum absolute atomic E-state index is 0.201. The van der Waals surface area contributed by atoms with Crippen LogP contribution in [-0.4, -0.2) is 90.9 Å². The van der Waals surface area contributed by atoms with E-state index < -0.39 is 21.8 Å². The van der Waals surface area contributed by atoms with E-state index in [-0.39, 0.29) is 71.2 Å². The summed E-state index contributed by atoms with van der Waals surface area (Å²) in [5.41, 5.74) is 11.7. The summed E-state index contributed by atoms with van der Waals surface area (Å²) in [6.07, 6.45) is 8.51. The van der Waals surface area contributed by atoms with Crippen LogP contribution in [0.2, 0.25) is 0 Å². The van der Waals surface area contributed by atoms with E-state index in [1.807, 2.05) is 12.1 Å². The number of sulfone groups is 1. The molecule has 1 atom stereocenters. The third-order valence-electron chi connectivity index (χ3n) is 11.9. The lowest BCUT2D eigenvalue weighted by atomic mass is 9.95. The number of H-pyrrole nitrogens is 1. The summed E-state index contributed by atoms with van der Waals surface area (Å²) in [5.74, 6) is -1.69. The number of nitrogens with zero attached hydrogens (tertiary/aromatic N) is 3. The zero-order valence-corrected chi connectivity index (χ0v) is 34.6. The highest BCUT2D eigenvalue weighted by atomic mass is 32.2. The molecule has 17 heteroatoms. The van der Waals surface area contributed by atoms with Crippen molar-refractivity contribution in [3.8, 4) is 11.1 Å². The first kappa shape index (κ1) is 40.9. The fourth-order valence-corrected chi connectivity index (χ4v) is 9.61. The lowest BCUT2D eigenvalue weighted by Crippen LogP contribution is -2.52. The van der Waals surface area contributed by atoms with Gasteiger partial charge in [0.25, 0.3) is 23.3 Å². The third kappa shape index (κ3) is 8.19. The second-order valence-corrected chi connectivity index (χ2v) is 18.8. The third-order valence-corrected chi connectivity index (χ3v) is 12.8. The summed E-state index contributed by atoms with van der Waals surface area (Å²) in [6, 6.07) is 8.60. The van der Waals surface area contributed by atoms with Crippen molar-refractivity contribution in [2.24, 2.45) is 18.7 Å². The number of carbonyl (C=O) groups excluding carboxylic acids is 5. The molecule has 0 radical (unpaired) electrons. The largest absolute Gasteiger partial charge is 0.366 e. The van der Waals surface area contributed by atoms with E-state index in [0.717, 1.165) is 55.2 Å². The highest BCUT2D eigenvalue weighted by Crippen LogP contribution is 2.45. The van der Waals surface area contributed by atoms with Crippen LogP contribution >= 0.6 is 0 Å². The molecular formula is C43H50N8O8S. The minimum atomic E-state index is -3.58. The highest BCUT2D eigenvalue weighted by Gasteiger charge is 2.39. The Morgan fingerprint density at radius 3 is 2.43 bits per heavy atom. The Balaban J connectivity index is 0.988. The summed E-state index contributed by atoms with van der Waals surface area (Å²) < 4.78 is 27.1. The number of nitrogens with two attached hydrogens (primary N) is 1. The topological polar surface area (TPSA) is 226 Å². The number of rotatable bonds is 15. The first-order valence-electron chi connectivity index (χ1n) is 20.6. The average molecular weight is 839 g/mol. The molecule has 2 aromatic heterocycles. The number of aryl methyl sites for hydroxylation is 2. The Morgan fingerprint density at radius 1 is 0.917 bits per heavy atom. The van der Waals surface area contributed by atoms with E-state index in [4.69, 9.17) is 5.73 Å². The maximum Gasteiger partial charge on any atom is 0.274 e. The van der Waals surface area contributed by atoms with E-state index in [2.05, 4.69) is 25.8 Å². The number of imide groups is 1. The first-order chi connectivity index (χ1) is 28.7. The van der Waals surface area contributed by atoms with Crippen LogP contribution < -0.4 is 32.1 Å².